The number of nitrogens with zero attached hydrogens (tertiary/aromatic N) is 2. The average molecular weight is 369 g/mol. The summed E-state index contributed by atoms with van der Waals surface area (Å²) < 4.78 is 0. The molecule has 2 aromatic carbocycles. The third-order valence-electron chi connectivity index (χ3n) is 4.73. The topological polar surface area (TPSA) is 40.6 Å². The Morgan fingerprint density at radius 1 is 0.885 bits per heavy atom. The van der Waals surface area contributed by atoms with Crippen LogP contribution >= 0.6 is 11.8 Å². The molecule has 2 aromatic rings. The van der Waals surface area contributed by atoms with E-state index in [1.807, 2.05) is 70.7 Å². The molecule has 1 aliphatic rings. The van der Waals surface area contributed by atoms with Gasteiger partial charge in [-0.05, 0) is 42.5 Å². The highest BCUT2D eigenvalue weighted by Gasteiger charge is 2.24. The molecule has 1 heterocycles. The molecule has 1 aliphatic heterocycles. The Balaban J connectivity index is 1.48. The number of aryl methyl sites for hydroxylation is 1. The van der Waals surface area contributed by atoms with Crippen molar-refractivity contribution in [3.63, 3.8) is 0 Å². The van der Waals surface area contributed by atoms with Gasteiger partial charge >= 0.3 is 0 Å². The van der Waals surface area contributed by atoms with Crippen molar-refractivity contribution >= 4 is 23.6 Å². The highest BCUT2D eigenvalue weighted by atomic mass is 32.2. The zero-order chi connectivity index (χ0) is 18.4. The molecular formula is C21H24N2O2S. The lowest BCUT2D eigenvalue weighted by molar-refractivity contribution is -0.132. The smallest absolute Gasteiger partial charge is 0.253 e. The molecule has 0 atom stereocenters. The number of benzene rings is 2. The molecule has 26 heavy (non-hydrogen) atoms. The standard InChI is InChI=1S/C21H24N2O2S/c1-26-19-10-8-18(9-11-19)21(25)23-15-13-22(14-16-23)20(24)12-7-17-5-3-2-4-6-17/h2-6,8-11H,7,12-16H2,1H3. The van der Waals surface area contributed by atoms with E-state index in [0.717, 1.165) is 11.3 Å². The zero-order valence-electron chi connectivity index (χ0n) is 15.1. The van der Waals surface area contributed by atoms with Gasteiger partial charge in [-0.15, -0.1) is 11.8 Å². The Morgan fingerprint density at radius 3 is 2.12 bits per heavy atom. The van der Waals surface area contributed by atoms with Gasteiger partial charge in [-0.25, -0.2) is 0 Å². The quantitative estimate of drug-likeness (QED) is 0.760. The molecule has 0 saturated carbocycles. The molecule has 0 unspecified atom stereocenters. The van der Waals surface area contributed by atoms with E-state index in [0.29, 0.717) is 38.2 Å². The maximum Gasteiger partial charge on any atom is 0.253 e. The Morgan fingerprint density at radius 2 is 1.50 bits per heavy atom. The number of thioether (sulfide) groups is 1. The van der Waals surface area contributed by atoms with Crippen molar-refractivity contribution in [3.05, 3.63) is 65.7 Å². The van der Waals surface area contributed by atoms with E-state index in [2.05, 4.69) is 0 Å². The number of hydrogen-bond acceptors (Lipinski definition) is 3. The summed E-state index contributed by atoms with van der Waals surface area (Å²) in [7, 11) is 0. The predicted octanol–water partition coefficient (Wildman–Crippen LogP) is 3.33. The summed E-state index contributed by atoms with van der Waals surface area (Å²) in [5, 5.41) is 0. The minimum atomic E-state index is 0.0500. The maximum absolute atomic E-state index is 12.6. The molecule has 0 radical (unpaired) electrons. The van der Waals surface area contributed by atoms with Crippen molar-refractivity contribution in [1.29, 1.82) is 0 Å². The first-order chi connectivity index (χ1) is 12.7. The van der Waals surface area contributed by atoms with Crippen molar-refractivity contribution in [2.45, 2.75) is 17.7 Å². The average Bonchev–Trinajstić information content (AvgIpc) is 2.72. The fraction of sp³-hybridized carbons (Fsp3) is 0.333. The van der Waals surface area contributed by atoms with Crippen LogP contribution in [0, 0.1) is 0 Å². The lowest BCUT2D eigenvalue weighted by atomic mass is 10.1. The minimum absolute atomic E-state index is 0.0500. The third kappa shape index (κ3) is 4.67. The zero-order valence-corrected chi connectivity index (χ0v) is 15.9. The highest BCUT2D eigenvalue weighted by Crippen LogP contribution is 2.17. The van der Waals surface area contributed by atoms with Gasteiger partial charge in [0, 0.05) is 43.1 Å². The number of piperazine rings is 1. The van der Waals surface area contributed by atoms with Crippen LogP contribution in [0.25, 0.3) is 0 Å². The first kappa shape index (κ1) is 18.5. The molecule has 3 rings (SSSR count). The molecule has 4 nitrogen and oxygen atoms in total. The van der Waals surface area contributed by atoms with Gasteiger partial charge in [0.25, 0.3) is 5.91 Å². The van der Waals surface area contributed by atoms with E-state index in [4.69, 9.17) is 0 Å². The van der Waals surface area contributed by atoms with Crippen LogP contribution in [-0.4, -0.2) is 54.0 Å². The van der Waals surface area contributed by atoms with E-state index in [1.165, 1.54) is 5.56 Å². The van der Waals surface area contributed by atoms with Crippen LogP contribution in [0.5, 0.6) is 0 Å². The number of hydrogen-bond donors (Lipinski definition) is 0. The summed E-state index contributed by atoms with van der Waals surface area (Å²) in [6, 6.07) is 17.8. The monoisotopic (exact) mass is 368 g/mol. The van der Waals surface area contributed by atoms with Crippen LogP contribution in [0.3, 0.4) is 0 Å². The van der Waals surface area contributed by atoms with Crippen LogP contribution in [0.15, 0.2) is 59.5 Å². The summed E-state index contributed by atoms with van der Waals surface area (Å²) in [5.74, 6) is 0.222. The molecule has 1 saturated heterocycles. The van der Waals surface area contributed by atoms with E-state index in [1.54, 1.807) is 11.8 Å². The molecule has 0 aromatic heterocycles. The molecule has 0 bridgehead atoms. The van der Waals surface area contributed by atoms with Gasteiger partial charge in [0.15, 0.2) is 0 Å². The van der Waals surface area contributed by atoms with Gasteiger partial charge in [0.1, 0.15) is 0 Å². The van der Waals surface area contributed by atoms with Crippen molar-refractivity contribution in [3.8, 4) is 0 Å². The second-order valence-corrected chi connectivity index (χ2v) is 7.27. The summed E-state index contributed by atoms with van der Waals surface area (Å²) in [6.07, 6.45) is 3.31. The van der Waals surface area contributed by atoms with Gasteiger partial charge in [-0.1, -0.05) is 30.3 Å². The van der Waals surface area contributed by atoms with Crippen LogP contribution in [0.1, 0.15) is 22.3 Å². The van der Waals surface area contributed by atoms with Crippen LogP contribution in [-0.2, 0) is 11.2 Å². The summed E-state index contributed by atoms with van der Waals surface area (Å²) in [6.45, 7) is 2.42. The van der Waals surface area contributed by atoms with Gasteiger partial charge in [0.2, 0.25) is 5.91 Å². The van der Waals surface area contributed by atoms with Crippen molar-refractivity contribution in [2.75, 3.05) is 32.4 Å². The normalized spacial score (nSPS) is 14.3. The van der Waals surface area contributed by atoms with Gasteiger partial charge in [0.05, 0.1) is 0 Å². The molecule has 136 valence electrons. The molecule has 0 aliphatic carbocycles. The largest absolute Gasteiger partial charge is 0.339 e. The summed E-state index contributed by atoms with van der Waals surface area (Å²) >= 11 is 1.66. The third-order valence-corrected chi connectivity index (χ3v) is 5.47. The van der Waals surface area contributed by atoms with E-state index in [-0.39, 0.29) is 11.8 Å². The number of carbonyl (C=O) groups excluding carboxylic acids is 2. The molecule has 2 amide bonds. The SMILES string of the molecule is CSc1ccc(C(=O)N2CCN(C(=O)CCc3ccccc3)CC2)cc1. The predicted molar refractivity (Wildman–Crippen MR) is 105 cm³/mol. The molecule has 1 fully saturated rings. The van der Waals surface area contributed by atoms with Crippen molar-refractivity contribution in [2.24, 2.45) is 0 Å². The lowest BCUT2D eigenvalue weighted by Gasteiger charge is -2.35. The fourth-order valence-corrected chi connectivity index (χ4v) is 3.54. The van der Waals surface area contributed by atoms with Crippen LogP contribution < -0.4 is 0 Å². The number of carbonyl (C=O) groups is 2. The Kier molecular flexibility index (Phi) is 6.34. The van der Waals surface area contributed by atoms with Gasteiger partial charge in [-0.2, -0.15) is 0 Å². The molecule has 5 heteroatoms. The van der Waals surface area contributed by atoms with Crippen molar-refractivity contribution in [1.82, 2.24) is 9.80 Å². The Bertz CT molecular complexity index is 738. The second-order valence-electron chi connectivity index (χ2n) is 6.39. The van der Waals surface area contributed by atoms with Crippen molar-refractivity contribution < 1.29 is 9.59 Å². The Labute approximate surface area is 159 Å². The Hall–Kier alpha value is -2.27. The lowest BCUT2D eigenvalue weighted by Crippen LogP contribution is -2.50. The number of amides is 2. The van der Waals surface area contributed by atoms with Gasteiger partial charge < -0.3 is 9.80 Å². The first-order valence-corrected chi connectivity index (χ1v) is 10.1. The summed E-state index contributed by atoms with van der Waals surface area (Å²) in [4.78, 5) is 29.9. The fourth-order valence-electron chi connectivity index (χ4n) is 3.13. The second kappa shape index (κ2) is 8.90. The van der Waals surface area contributed by atoms with E-state index < -0.39 is 0 Å². The highest BCUT2D eigenvalue weighted by molar-refractivity contribution is 7.98. The van der Waals surface area contributed by atoms with Crippen LogP contribution in [0.4, 0.5) is 0 Å². The van der Waals surface area contributed by atoms with E-state index >= 15 is 0 Å². The van der Waals surface area contributed by atoms with Gasteiger partial charge in [-0.3, -0.25) is 9.59 Å². The van der Waals surface area contributed by atoms with E-state index in [9.17, 15) is 9.59 Å². The summed E-state index contributed by atoms with van der Waals surface area (Å²) in [5.41, 5.74) is 1.90. The number of rotatable bonds is 5. The van der Waals surface area contributed by atoms with Crippen LogP contribution in [0.2, 0.25) is 0 Å². The first-order valence-electron chi connectivity index (χ1n) is 8.92. The molecule has 0 spiro atoms. The molecular weight excluding hydrogens is 344 g/mol. The maximum atomic E-state index is 12.6. The minimum Gasteiger partial charge on any atom is -0.339 e. The molecule has 0 N–H and O–H groups in total.